The first-order chi connectivity index (χ1) is 14.6. The Kier molecular flexibility index (Phi) is 5.21. The summed E-state index contributed by atoms with van der Waals surface area (Å²) in [6, 6.07) is 14.0. The van der Waals surface area contributed by atoms with Gasteiger partial charge in [-0.25, -0.2) is 10.1 Å². The van der Waals surface area contributed by atoms with Crippen molar-refractivity contribution in [2.24, 2.45) is 5.10 Å². The summed E-state index contributed by atoms with van der Waals surface area (Å²) in [6.07, 6.45) is 1.30. The van der Waals surface area contributed by atoms with Gasteiger partial charge in [0.1, 0.15) is 0 Å². The molecular weight excluding hydrogens is 384 g/mol. The van der Waals surface area contributed by atoms with Crippen molar-refractivity contribution in [1.82, 2.24) is 30.7 Å². The van der Waals surface area contributed by atoms with Gasteiger partial charge in [-0.3, -0.25) is 4.79 Å². The highest BCUT2D eigenvalue weighted by Crippen LogP contribution is 2.20. The van der Waals surface area contributed by atoms with Crippen LogP contribution in [0.15, 0.2) is 52.2 Å². The van der Waals surface area contributed by atoms with E-state index in [1.807, 2.05) is 56.3 Å². The number of hydrazone groups is 1. The number of amides is 1. The monoisotopic (exact) mass is 404 g/mol. The lowest BCUT2D eigenvalue weighted by Crippen LogP contribution is -2.21. The van der Waals surface area contributed by atoms with E-state index in [0.29, 0.717) is 17.8 Å². The molecule has 10 nitrogen and oxygen atoms in total. The van der Waals surface area contributed by atoms with E-state index >= 15 is 0 Å². The highest BCUT2D eigenvalue weighted by Gasteiger charge is 2.23. The zero-order valence-corrected chi connectivity index (χ0v) is 16.5. The van der Waals surface area contributed by atoms with Gasteiger partial charge in [0.05, 0.1) is 11.4 Å². The Labute approximate surface area is 171 Å². The average Bonchev–Trinajstić information content (AvgIpc) is 3.37. The van der Waals surface area contributed by atoms with E-state index in [4.69, 9.17) is 5.73 Å². The van der Waals surface area contributed by atoms with Crippen LogP contribution in [0, 0.1) is 0 Å². The molecule has 0 unspecified atom stereocenters. The summed E-state index contributed by atoms with van der Waals surface area (Å²) in [5.41, 5.74) is 10.6. The van der Waals surface area contributed by atoms with Gasteiger partial charge in [0.15, 0.2) is 5.69 Å². The quantitative estimate of drug-likeness (QED) is 0.372. The zero-order valence-electron chi connectivity index (χ0n) is 16.5. The summed E-state index contributed by atoms with van der Waals surface area (Å²) < 4.78 is 6.00. The molecule has 1 amide bonds. The minimum absolute atomic E-state index is 0.0639. The maximum atomic E-state index is 12.8. The van der Waals surface area contributed by atoms with E-state index in [-0.39, 0.29) is 17.3 Å². The molecule has 152 valence electrons. The number of nitrogens with one attached hydrogen (secondary N) is 1. The number of hydrogen-bond acceptors (Lipinski definition) is 8. The van der Waals surface area contributed by atoms with E-state index in [0.717, 1.165) is 22.8 Å². The lowest BCUT2D eigenvalue weighted by atomic mass is 10.0. The Morgan fingerprint density at radius 3 is 2.77 bits per heavy atom. The van der Waals surface area contributed by atoms with Crippen LogP contribution >= 0.6 is 0 Å². The molecule has 0 saturated heterocycles. The van der Waals surface area contributed by atoms with E-state index < -0.39 is 5.91 Å². The fourth-order valence-corrected chi connectivity index (χ4v) is 3.24. The van der Waals surface area contributed by atoms with Crippen LogP contribution in [-0.2, 0) is 6.42 Å². The van der Waals surface area contributed by atoms with Crippen LogP contribution in [0.1, 0.15) is 42.0 Å². The highest BCUT2D eigenvalue weighted by molar-refractivity contribution is 6.10. The number of nitrogen functional groups attached to an aromatic ring is 1. The molecule has 0 spiro atoms. The van der Waals surface area contributed by atoms with Crippen LogP contribution in [0.3, 0.4) is 0 Å². The fraction of sp³-hybridized carbons (Fsp3) is 0.200. The van der Waals surface area contributed by atoms with Gasteiger partial charge in [0, 0.05) is 5.56 Å². The molecule has 2 heterocycles. The molecule has 4 rings (SSSR count). The van der Waals surface area contributed by atoms with E-state index in [9.17, 15) is 4.79 Å². The van der Waals surface area contributed by atoms with E-state index in [2.05, 4.69) is 35.8 Å². The molecule has 0 bridgehead atoms. The Balaban J connectivity index is 1.62. The van der Waals surface area contributed by atoms with E-state index in [1.54, 1.807) is 0 Å². The van der Waals surface area contributed by atoms with Crippen molar-refractivity contribution in [3.8, 4) is 5.82 Å². The summed E-state index contributed by atoms with van der Waals surface area (Å²) in [4.78, 5) is 12.8. The third-order valence-corrected chi connectivity index (χ3v) is 4.67. The first-order valence-corrected chi connectivity index (χ1v) is 9.46. The van der Waals surface area contributed by atoms with Gasteiger partial charge in [-0.05, 0) is 34.4 Å². The molecule has 3 N–H and O–H groups in total. The molecule has 4 aromatic rings. The van der Waals surface area contributed by atoms with Crippen molar-refractivity contribution in [3.63, 3.8) is 0 Å². The molecule has 0 saturated carbocycles. The summed E-state index contributed by atoms with van der Waals surface area (Å²) in [7, 11) is 0. The molecule has 0 aliphatic rings. The van der Waals surface area contributed by atoms with E-state index in [1.165, 1.54) is 4.68 Å². The van der Waals surface area contributed by atoms with Gasteiger partial charge < -0.3 is 5.73 Å². The van der Waals surface area contributed by atoms with Crippen LogP contribution in [0.4, 0.5) is 5.82 Å². The molecule has 0 radical (unpaired) electrons. The molecule has 0 aliphatic carbocycles. The standard InChI is InChI=1S/C20H20N8O2/c1-3-7-16-17(23-27-28(16)19-18(21)25-30-26-19)20(29)24-22-12(2)14-11-6-9-13-8-4-5-10-15(13)14/h4-6,8-11H,3,7H2,1-2H3,(H2,21,25)(H,24,29)/b22-12+. The Morgan fingerprint density at radius 2 is 2.00 bits per heavy atom. The summed E-state index contributed by atoms with van der Waals surface area (Å²) >= 11 is 0. The van der Waals surface area contributed by atoms with Crippen molar-refractivity contribution in [1.29, 1.82) is 0 Å². The SMILES string of the molecule is CCCc1c(C(=O)N/N=C(\C)c2cccc3ccccc23)nnn1-c1nonc1N. The maximum absolute atomic E-state index is 12.8. The largest absolute Gasteiger partial charge is 0.378 e. The summed E-state index contributed by atoms with van der Waals surface area (Å²) in [5.74, 6) is -0.214. The van der Waals surface area contributed by atoms with Crippen LogP contribution in [0.5, 0.6) is 0 Å². The van der Waals surface area contributed by atoms with Gasteiger partial charge >= 0.3 is 0 Å². The lowest BCUT2D eigenvalue weighted by molar-refractivity contribution is 0.0948. The van der Waals surface area contributed by atoms with Gasteiger partial charge in [-0.15, -0.1) is 5.10 Å². The zero-order chi connectivity index (χ0) is 21.1. The molecule has 30 heavy (non-hydrogen) atoms. The second kappa shape index (κ2) is 8.11. The van der Waals surface area contributed by atoms with Gasteiger partial charge in [0.25, 0.3) is 5.91 Å². The number of aromatic nitrogens is 5. The fourth-order valence-electron chi connectivity index (χ4n) is 3.24. The molecule has 0 fully saturated rings. The third kappa shape index (κ3) is 3.50. The maximum Gasteiger partial charge on any atom is 0.293 e. The van der Waals surface area contributed by atoms with Crippen LogP contribution < -0.4 is 11.2 Å². The van der Waals surface area contributed by atoms with Crippen molar-refractivity contribution in [3.05, 3.63) is 59.4 Å². The minimum Gasteiger partial charge on any atom is -0.378 e. The van der Waals surface area contributed by atoms with Crippen LogP contribution in [-0.4, -0.2) is 36.9 Å². The number of nitrogens with zero attached hydrogens (tertiary/aromatic N) is 6. The van der Waals surface area contributed by atoms with Crippen molar-refractivity contribution in [2.45, 2.75) is 26.7 Å². The molecule has 2 aromatic heterocycles. The highest BCUT2D eigenvalue weighted by atomic mass is 16.6. The van der Waals surface area contributed by atoms with Crippen LogP contribution in [0.25, 0.3) is 16.6 Å². The molecule has 0 aliphatic heterocycles. The number of nitrogens with two attached hydrogens (primary N) is 1. The second-order valence-electron chi connectivity index (χ2n) is 6.68. The van der Waals surface area contributed by atoms with Gasteiger partial charge in [0.2, 0.25) is 11.6 Å². The van der Waals surface area contributed by atoms with Crippen LogP contribution in [0.2, 0.25) is 0 Å². The lowest BCUT2D eigenvalue weighted by Gasteiger charge is -2.07. The number of carbonyl (C=O) groups is 1. The van der Waals surface area contributed by atoms with Crippen molar-refractivity contribution in [2.75, 3.05) is 5.73 Å². The minimum atomic E-state index is -0.473. The Bertz CT molecular complexity index is 1240. The first-order valence-electron chi connectivity index (χ1n) is 9.46. The predicted octanol–water partition coefficient (Wildman–Crippen LogP) is 2.49. The number of anilines is 1. The van der Waals surface area contributed by atoms with Gasteiger partial charge in [-0.1, -0.05) is 61.0 Å². The second-order valence-corrected chi connectivity index (χ2v) is 6.68. The number of rotatable bonds is 6. The number of benzene rings is 2. The van der Waals surface area contributed by atoms with Crippen molar-refractivity contribution < 1.29 is 9.42 Å². The first kappa shape index (κ1) is 19.2. The average molecular weight is 404 g/mol. The Morgan fingerprint density at radius 1 is 1.20 bits per heavy atom. The number of hydrogen-bond donors (Lipinski definition) is 2. The predicted molar refractivity (Wildman–Crippen MR) is 111 cm³/mol. The number of fused-ring (bicyclic) bond motifs is 1. The third-order valence-electron chi connectivity index (χ3n) is 4.67. The molecular formula is C20H20N8O2. The molecule has 0 atom stereocenters. The Hall–Kier alpha value is -4.08. The molecule has 2 aromatic carbocycles. The number of carbonyl (C=O) groups excluding carboxylic acids is 1. The topological polar surface area (TPSA) is 137 Å². The summed E-state index contributed by atoms with van der Waals surface area (Å²) in [5, 5.41) is 21.7. The summed E-state index contributed by atoms with van der Waals surface area (Å²) in [6.45, 7) is 3.82. The molecule has 10 heteroatoms. The normalized spacial score (nSPS) is 11.7. The van der Waals surface area contributed by atoms with Gasteiger partial charge in [-0.2, -0.15) is 9.78 Å². The van der Waals surface area contributed by atoms with Crippen molar-refractivity contribution >= 4 is 28.2 Å². The smallest absolute Gasteiger partial charge is 0.293 e.